The van der Waals surface area contributed by atoms with Crippen molar-refractivity contribution in [1.29, 1.82) is 0 Å². The molecule has 0 atom stereocenters. The Kier molecular flexibility index (Phi) is 6.92. The molecule has 0 aromatic heterocycles. The normalized spacial score (nSPS) is 14.7. The fourth-order valence-corrected chi connectivity index (χ4v) is 4.35. The first kappa shape index (κ1) is 22.7. The van der Waals surface area contributed by atoms with Crippen molar-refractivity contribution in [2.45, 2.75) is 11.3 Å². The Labute approximate surface area is 182 Å². The quantitative estimate of drug-likeness (QED) is 0.641. The van der Waals surface area contributed by atoms with Crippen molar-refractivity contribution < 1.29 is 22.3 Å². The van der Waals surface area contributed by atoms with Gasteiger partial charge in [-0.15, -0.1) is 0 Å². The van der Waals surface area contributed by atoms with Crippen molar-refractivity contribution in [2.75, 3.05) is 34.3 Å². The number of ether oxygens (including phenoxy) is 1. The zero-order valence-corrected chi connectivity index (χ0v) is 18.5. The molecule has 0 aliphatic carbocycles. The third-order valence-corrected chi connectivity index (χ3v) is 6.94. The van der Waals surface area contributed by atoms with E-state index in [0.29, 0.717) is 25.1 Å². The highest BCUT2D eigenvalue weighted by Gasteiger charge is 2.22. The van der Waals surface area contributed by atoms with Crippen LogP contribution in [0.15, 0.2) is 59.5 Å². The Morgan fingerprint density at radius 2 is 1.87 bits per heavy atom. The summed E-state index contributed by atoms with van der Waals surface area (Å²) in [5.41, 5.74) is 2.62. The predicted molar refractivity (Wildman–Crippen MR) is 118 cm³/mol. The van der Waals surface area contributed by atoms with Gasteiger partial charge in [0.1, 0.15) is 16.5 Å². The number of hydrogen-bond donors (Lipinski definition) is 0. The number of amides is 1. The topological polar surface area (TPSA) is 66.9 Å². The van der Waals surface area contributed by atoms with Crippen LogP contribution < -0.4 is 4.74 Å². The summed E-state index contributed by atoms with van der Waals surface area (Å²) in [7, 11) is 0.620. The number of benzene rings is 2. The van der Waals surface area contributed by atoms with Crippen LogP contribution in [-0.4, -0.2) is 57.8 Å². The van der Waals surface area contributed by atoms with Crippen LogP contribution in [0.25, 0.3) is 11.6 Å². The molecular formula is C23H25FN2O4S. The Hall–Kier alpha value is -2.97. The molecule has 0 spiro atoms. The van der Waals surface area contributed by atoms with Crippen LogP contribution in [0.3, 0.4) is 0 Å². The molecule has 1 amide bonds. The Balaban J connectivity index is 1.72. The first-order valence-electron chi connectivity index (χ1n) is 9.75. The minimum atomic E-state index is -3.69. The summed E-state index contributed by atoms with van der Waals surface area (Å²) >= 11 is 0. The summed E-state index contributed by atoms with van der Waals surface area (Å²) in [6, 6.07) is 11.1. The summed E-state index contributed by atoms with van der Waals surface area (Å²) in [6.45, 7) is 1.01. The monoisotopic (exact) mass is 444 g/mol. The second-order valence-electron chi connectivity index (χ2n) is 7.30. The maximum Gasteiger partial charge on any atom is 0.246 e. The van der Waals surface area contributed by atoms with E-state index in [4.69, 9.17) is 4.74 Å². The third kappa shape index (κ3) is 5.21. The highest BCUT2D eigenvalue weighted by Crippen LogP contribution is 2.27. The lowest BCUT2D eigenvalue weighted by molar-refractivity contribution is -0.125. The Morgan fingerprint density at radius 1 is 1.16 bits per heavy atom. The van der Waals surface area contributed by atoms with Crippen LogP contribution in [-0.2, 0) is 14.8 Å². The lowest BCUT2D eigenvalue weighted by Crippen LogP contribution is -2.33. The Bertz CT molecular complexity index is 1120. The van der Waals surface area contributed by atoms with Gasteiger partial charge in [0.2, 0.25) is 15.9 Å². The molecule has 2 aromatic rings. The molecule has 0 radical (unpaired) electrons. The minimum absolute atomic E-state index is 0.0412. The van der Waals surface area contributed by atoms with Crippen molar-refractivity contribution in [3.63, 3.8) is 0 Å². The number of sulfonamides is 1. The number of carbonyl (C=O) groups excluding carboxylic acids is 1. The van der Waals surface area contributed by atoms with E-state index in [1.54, 1.807) is 35.2 Å². The maximum absolute atomic E-state index is 13.1. The number of carbonyl (C=O) groups is 1. The minimum Gasteiger partial charge on any atom is -0.495 e. The molecule has 0 unspecified atom stereocenters. The van der Waals surface area contributed by atoms with Gasteiger partial charge in [-0.3, -0.25) is 4.79 Å². The van der Waals surface area contributed by atoms with Gasteiger partial charge in [0.25, 0.3) is 0 Å². The third-order valence-electron chi connectivity index (χ3n) is 5.10. The molecule has 6 nitrogen and oxygen atoms in total. The summed E-state index contributed by atoms with van der Waals surface area (Å²) in [5.74, 6) is -0.198. The molecule has 2 aromatic carbocycles. The largest absolute Gasteiger partial charge is 0.495 e. The lowest BCUT2D eigenvalue weighted by Gasteiger charge is -2.25. The van der Waals surface area contributed by atoms with E-state index < -0.39 is 10.0 Å². The SMILES string of the molecule is COc1ccc(/C=C/C(=O)N2CC=C(c3ccc(F)cc3)CC2)cc1S(=O)(=O)N(C)C. The average molecular weight is 445 g/mol. The van der Waals surface area contributed by atoms with Crippen LogP contribution in [0.1, 0.15) is 17.5 Å². The van der Waals surface area contributed by atoms with Crippen molar-refractivity contribution >= 4 is 27.6 Å². The molecule has 8 heteroatoms. The lowest BCUT2D eigenvalue weighted by atomic mass is 9.99. The van der Waals surface area contributed by atoms with E-state index in [-0.39, 0.29) is 22.4 Å². The predicted octanol–water partition coefficient (Wildman–Crippen LogP) is 3.41. The first-order valence-corrected chi connectivity index (χ1v) is 11.2. The van der Waals surface area contributed by atoms with Gasteiger partial charge in [-0.1, -0.05) is 24.3 Å². The first-order chi connectivity index (χ1) is 14.7. The second-order valence-corrected chi connectivity index (χ2v) is 9.42. The highest BCUT2D eigenvalue weighted by molar-refractivity contribution is 7.89. The number of halogens is 1. The molecule has 0 saturated heterocycles. The van der Waals surface area contributed by atoms with Gasteiger partial charge in [-0.25, -0.2) is 17.1 Å². The summed E-state index contributed by atoms with van der Waals surface area (Å²) < 4.78 is 44.5. The number of rotatable bonds is 6. The molecule has 1 aliphatic heterocycles. The fourth-order valence-electron chi connectivity index (χ4n) is 3.26. The molecule has 164 valence electrons. The standard InChI is InChI=1S/C23H25FN2O4S/c1-25(2)31(28,29)22-16-17(4-10-21(22)30-3)5-11-23(27)26-14-12-19(13-15-26)18-6-8-20(24)9-7-18/h4-12,16H,13-15H2,1-3H3/b11-5+. The van der Waals surface area contributed by atoms with Gasteiger partial charge in [0.15, 0.2) is 0 Å². The van der Waals surface area contributed by atoms with Crippen molar-refractivity contribution in [3.05, 3.63) is 71.6 Å². The van der Waals surface area contributed by atoms with Crippen molar-refractivity contribution in [1.82, 2.24) is 9.21 Å². The van der Waals surface area contributed by atoms with Gasteiger partial charge in [-0.2, -0.15) is 0 Å². The molecule has 0 saturated carbocycles. The zero-order chi connectivity index (χ0) is 22.6. The van der Waals surface area contributed by atoms with Crippen molar-refractivity contribution in [3.8, 4) is 5.75 Å². The van der Waals surface area contributed by atoms with Crippen LogP contribution in [0.2, 0.25) is 0 Å². The number of methoxy groups -OCH3 is 1. The molecule has 3 rings (SSSR count). The average Bonchev–Trinajstić information content (AvgIpc) is 2.77. The smallest absolute Gasteiger partial charge is 0.246 e. The molecule has 0 N–H and O–H groups in total. The van der Waals surface area contributed by atoms with E-state index in [2.05, 4.69) is 0 Å². The van der Waals surface area contributed by atoms with E-state index in [0.717, 1.165) is 15.4 Å². The summed E-state index contributed by atoms with van der Waals surface area (Å²) in [5, 5.41) is 0. The Morgan fingerprint density at radius 3 is 2.45 bits per heavy atom. The highest BCUT2D eigenvalue weighted by atomic mass is 32.2. The zero-order valence-electron chi connectivity index (χ0n) is 17.7. The van der Waals surface area contributed by atoms with E-state index in [1.807, 2.05) is 6.08 Å². The van der Waals surface area contributed by atoms with Crippen LogP contribution in [0.5, 0.6) is 5.75 Å². The van der Waals surface area contributed by atoms with Crippen LogP contribution >= 0.6 is 0 Å². The maximum atomic E-state index is 13.1. The molecule has 1 aliphatic rings. The van der Waals surface area contributed by atoms with Gasteiger partial charge in [-0.05, 0) is 53.5 Å². The van der Waals surface area contributed by atoms with Crippen LogP contribution in [0, 0.1) is 5.82 Å². The van der Waals surface area contributed by atoms with Gasteiger partial charge in [0.05, 0.1) is 7.11 Å². The number of nitrogens with zero attached hydrogens (tertiary/aromatic N) is 2. The van der Waals surface area contributed by atoms with E-state index >= 15 is 0 Å². The van der Waals surface area contributed by atoms with Crippen molar-refractivity contribution in [2.24, 2.45) is 0 Å². The van der Waals surface area contributed by atoms with E-state index in [9.17, 15) is 17.6 Å². The second kappa shape index (κ2) is 9.45. The van der Waals surface area contributed by atoms with E-state index in [1.165, 1.54) is 45.5 Å². The van der Waals surface area contributed by atoms with Gasteiger partial charge >= 0.3 is 0 Å². The fraction of sp³-hybridized carbons (Fsp3) is 0.261. The molecule has 0 bridgehead atoms. The van der Waals surface area contributed by atoms with Gasteiger partial charge < -0.3 is 9.64 Å². The summed E-state index contributed by atoms with van der Waals surface area (Å²) in [6.07, 6.45) is 5.68. The molecular weight excluding hydrogens is 419 g/mol. The van der Waals surface area contributed by atoms with Crippen LogP contribution in [0.4, 0.5) is 4.39 Å². The molecule has 0 fully saturated rings. The number of hydrogen-bond acceptors (Lipinski definition) is 4. The molecule has 1 heterocycles. The molecule has 31 heavy (non-hydrogen) atoms. The summed E-state index contributed by atoms with van der Waals surface area (Å²) in [4.78, 5) is 14.3. The van der Waals surface area contributed by atoms with Gasteiger partial charge in [0, 0.05) is 33.3 Å².